The van der Waals surface area contributed by atoms with E-state index >= 15 is 0 Å². The van der Waals surface area contributed by atoms with Gasteiger partial charge in [-0.25, -0.2) is 18.7 Å². The zero-order chi connectivity index (χ0) is 27.5. The Morgan fingerprint density at radius 3 is 2.58 bits per heavy atom. The van der Waals surface area contributed by atoms with Gasteiger partial charge in [0.1, 0.15) is 17.6 Å². The van der Waals surface area contributed by atoms with Gasteiger partial charge in [-0.1, -0.05) is 49.2 Å². The molecule has 0 fully saturated rings. The van der Waals surface area contributed by atoms with Crippen molar-refractivity contribution in [3.05, 3.63) is 59.5 Å². The highest BCUT2D eigenvalue weighted by molar-refractivity contribution is 7.94. The number of hydrogen-bond acceptors (Lipinski definition) is 12. The molecule has 1 heterocycles. The van der Waals surface area contributed by atoms with Crippen molar-refractivity contribution in [2.24, 2.45) is 10.2 Å². The van der Waals surface area contributed by atoms with Crippen molar-refractivity contribution in [3.63, 3.8) is 0 Å². The maximum absolute atomic E-state index is 11.8. The van der Waals surface area contributed by atoms with Crippen molar-refractivity contribution in [2.45, 2.75) is 31.6 Å². The van der Waals surface area contributed by atoms with Crippen molar-refractivity contribution in [1.82, 2.24) is 4.98 Å². The fraction of sp³-hybridized carbons (Fsp3) is 0.280. The van der Waals surface area contributed by atoms with Gasteiger partial charge in [0.25, 0.3) is 0 Å². The SMILES string of the molecule is C=CS(=O)(=O)CCNc1nc(NCCCC)c(N=Nc2ccc(SOOO)c3ccccc23)c(C)c1C#N. The number of aromatic nitrogens is 1. The Kier molecular flexibility index (Phi) is 10.6. The molecule has 2 aromatic carbocycles. The number of fused-ring (bicyclic) bond motifs is 1. The van der Waals surface area contributed by atoms with Crippen LogP contribution in [0.5, 0.6) is 0 Å². The molecule has 0 aliphatic rings. The Balaban J connectivity index is 2.03. The van der Waals surface area contributed by atoms with Crippen molar-refractivity contribution in [3.8, 4) is 6.07 Å². The number of sulfone groups is 1. The second-order valence-electron chi connectivity index (χ2n) is 8.06. The molecular weight excluding hydrogens is 528 g/mol. The summed E-state index contributed by atoms with van der Waals surface area (Å²) in [5.74, 6) is 0.511. The summed E-state index contributed by atoms with van der Waals surface area (Å²) in [4.78, 5) is 5.27. The van der Waals surface area contributed by atoms with Gasteiger partial charge in [-0.2, -0.15) is 5.26 Å². The Morgan fingerprint density at radius 1 is 1.16 bits per heavy atom. The number of rotatable bonds is 14. The molecular formula is C25H28N6O5S2. The van der Waals surface area contributed by atoms with Gasteiger partial charge in [-0.15, -0.1) is 14.6 Å². The normalized spacial score (nSPS) is 11.5. The monoisotopic (exact) mass is 556 g/mol. The van der Waals surface area contributed by atoms with Crippen LogP contribution >= 0.6 is 12.0 Å². The number of unbranched alkanes of at least 4 members (excludes halogenated alkanes) is 1. The minimum Gasteiger partial charge on any atom is -0.368 e. The summed E-state index contributed by atoms with van der Waals surface area (Å²) in [7, 11) is -3.41. The van der Waals surface area contributed by atoms with Crippen LogP contribution in [0.15, 0.2) is 63.5 Å². The van der Waals surface area contributed by atoms with Gasteiger partial charge in [-0.3, -0.25) is 0 Å². The molecule has 0 atom stereocenters. The molecule has 38 heavy (non-hydrogen) atoms. The van der Waals surface area contributed by atoms with Gasteiger partial charge < -0.3 is 10.6 Å². The number of anilines is 2. The Hall–Kier alpha value is -3.54. The summed E-state index contributed by atoms with van der Waals surface area (Å²) in [5, 5.41) is 39.8. The van der Waals surface area contributed by atoms with E-state index in [4.69, 9.17) is 5.26 Å². The topological polar surface area (TPSA) is 158 Å². The smallest absolute Gasteiger partial charge is 0.172 e. The number of benzene rings is 2. The molecule has 0 aliphatic carbocycles. The summed E-state index contributed by atoms with van der Waals surface area (Å²) >= 11 is 0.854. The van der Waals surface area contributed by atoms with E-state index in [1.54, 1.807) is 19.1 Å². The third kappa shape index (κ3) is 7.27. The second kappa shape index (κ2) is 13.8. The number of azo groups is 1. The first-order valence-electron chi connectivity index (χ1n) is 11.7. The third-order valence-corrected chi connectivity index (χ3v) is 7.50. The van der Waals surface area contributed by atoms with Crippen molar-refractivity contribution < 1.29 is 23.0 Å². The molecule has 0 saturated heterocycles. The van der Waals surface area contributed by atoms with Crippen LogP contribution in [0, 0.1) is 18.3 Å². The van der Waals surface area contributed by atoms with Crippen LogP contribution in [0.2, 0.25) is 0 Å². The predicted octanol–water partition coefficient (Wildman–Crippen LogP) is 6.44. The van der Waals surface area contributed by atoms with Gasteiger partial charge in [-0.05, 0) is 30.9 Å². The van der Waals surface area contributed by atoms with E-state index in [2.05, 4.69) is 54.8 Å². The maximum atomic E-state index is 11.8. The van der Waals surface area contributed by atoms with E-state index in [0.717, 1.165) is 41.1 Å². The molecule has 3 N–H and O–H groups in total. The highest BCUT2D eigenvalue weighted by Gasteiger charge is 2.18. The first kappa shape index (κ1) is 29.0. The molecule has 0 unspecified atom stereocenters. The Labute approximate surface area is 225 Å². The minimum absolute atomic E-state index is 0.0616. The van der Waals surface area contributed by atoms with Crippen molar-refractivity contribution >= 4 is 55.7 Å². The zero-order valence-corrected chi connectivity index (χ0v) is 22.6. The fourth-order valence-electron chi connectivity index (χ4n) is 3.55. The number of hydrogen-bond donors (Lipinski definition) is 3. The number of nitrogens with one attached hydrogen (secondary N) is 2. The average molecular weight is 557 g/mol. The van der Waals surface area contributed by atoms with Crippen LogP contribution in [0.4, 0.5) is 23.0 Å². The summed E-state index contributed by atoms with van der Waals surface area (Å²) in [6.07, 6.45) is 1.85. The summed E-state index contributed by atoms with van der Waals surface area (Å²) in [5.41, 5.74) is 1.77. The Bertz CT molecular complexity index is 1470. The van der Waals surface area contributed by atoms with E-state index in [-0.39, 0.29) is 23.7 Å². The molecule has 200 valence electrons. The van der Waals surface area contributed by atoms with Gasteiger partial charge >= 0.3 is 0 Å². The lowest BCUT2D eigenvalue weighted by atomic mass is 10.1. The molecule has 0 saturated carbocycles. The van der Waals surface area contributed by atoms with Gasteiger partial charge in [0.2, 0.25) is 0 Å². The highest BCUT2D eigenvalue weighted by Crippen LogP contribution is 2.38. The fourth-order valence-corrected chi connectivity index (χ4v) is 4.60. The molecule has 13 heteroatoms. The predicted molar refractivity (Wildman–Crippen MR) is 148 cm³/mol. The first-order chi connectivity index (χ1) is 18.3. The maximum Gasteiger partial charge on any atom is 0.172 e. The quantitative estimate of drug-likeness (QED) is 0.0663. The van der Waals surface area contributed by atoms with E-state index in [1.807, 2.05) is 24.3 Å². The van der Waals surface area contributed by atoms with Gasteiger partial charge in [0, 0.05) is 34.3 Å². The molecule has 3 aromatic rings. The molecule has 0 aliphatic heterocycles. The van der Waals surface area contributed by atoms with E-state index in [0.29, 0.717) is 34.2 Å². The summed E-state index contributed by atoms with van der Waals surface area (Å²) < 4.78 is 28.2. The van der Waals surface area contributed by atoms with Gasteiger partial charge in [0.15, 0.2) is 15.7 Å². The zero-order valence-electron chi connectivity index (χ0n) is 21.0. The van der Waals surface area contributed by atoms with Crippen LogP contribution in [-0.4, -0.2) is 37.5 Å². The highest BCUT2D eigenvalue weighted by atomic mass is 32.2. The molecule has 11 nitrogen and oxygen atoms in total. The van der Waals surface area contributed by atoms with Crippen LogP contribution in [0.1, 0.15) is 30.9 Å². The van der Waals surface area contributed by atoms with Crippen LogP contribution < -0.4 is 10.6 Å². The van der Waals surface area contributed by atoms with E-state index < -0.39 is 9.84 Å². The molecule has 0 bridgehead atoms. The number of nitriles is 1. The lowest BCUT2D eigenvalue weighted by Gasteiger charge is -2.15. The van der Waals surface area contributed by atoms with Crippen LogP contribution in [0.3, 0.4) is 0 Å². The molecule has 0 radical (unpaired) electrons. The third-order valence-electron chi connectivity index (χ3n) is 5.56. The van der Waals surface area contributed by atoms with E-state index in [9.17, 15) is 13.7 Å². The average Bonchev–Trinajstić information content (AvgIpc) is 2.92. The van der Waals surface area contributed by atoms with Gasteiger partial charge in [0.05, 0.1) is 29.0 Å². The number of pyridine rings is 1. The first-order valence-corrected chi connectivity index (χ1v) is 14.2. The van der Waals surface area contributed by atoms with Crippen molar-refractivity contribution in [1.29, 1.82) is 5.26 Å². The standard InChI is InChI=1S/C25H28N6O5S2/c1-4-6-13-27-25-23(17(3)20(16-26)24(29-25)28-14-15-38(33,34)5-2)31-30-21-11-12-22(37-36-35-32)19-10-8-7-9-18(19)21/h5,7-12,32H,2,4,6,13-15H2,1,3H3,(H2,27,28,29). The lowest BCUT2D eigenvalue weighted by Crippen LogP contribution is -2.16. The molecule has 3 rings (SSSR count). The lowest BCUT2D eigenvalue weighted by molar-refractivity contribution is -0.432. The summed E-state index contributed by atoms with van der Waals surface area (Å²) in [6, 6.07) is 13.1. The Morgan fingerprint density at radius 2 is 1.89 bits per heavy atom. The molecule has 1 aromatic heterocycles. The second-order valence-corrected chi connectivity index (χ2v) is 10.9. The molecule has 0 amide bonds. The van der Waals surface area contributed by atoms with Crippen LogP contribution in [-0.2, 0) is 19.2 Å². The largest absolute Gasteiger partial charge is 0.368 e. The van der Waals surface area contributed by atoms with E-state index in [1.165, 1.54) is 0 Å². The van der Waals surface area contributed by atoms with Crippen molar-refractivity contribution in [2.75, 3.05) is 29.5 Å². The number of nitrogens with zero attached hydrogens (tertiary/aromatic N) is 4. The summed E-state index contributed by atoms with van der Waals surface area (Å²) in [6.45, 7) is 7.82. The molecule has 0 spiro atoms. The minimum atomic E-state index is -3.41. The van der Waals surface area contributed by atoms with Crippen LogP contribution in [0.25, 0.3) is 10.8 Å².